The van der Waals surface area contributed by atoms with Crippen LogP contribution in [0.15, 0.2) is 18.2 Å². The number of carbonyl (C=O) groups is 1. The van der Waals surface area contributed by atoms with Crippen molar-refractivity contribution in [3.8, 4) is 5.75 Å². The number of phenolic OH excluding ortho intramolecular Hbond substituents is 1. The van der Waals surface area contributed by atoms with E-state index in [4.69, 9.17) is 5.73 Å². The van der Waals surface area contributed by atoms with Crippen molar-refractivity contribution in [3.05, 3.63) is 28.3 Å². The third kappa shape index (κ3) is 4.42. The minimum atomic E-state index is -0.717. The highest BCUT2D eigenvalue weighted by molar-refractivity contribution is 7.98. The Bertz CT molecular complexity index is 481. The van der Waals surface area contributed by atoms with Gasteiger partial charge >= 0.3 is 0 Å². The second-order valence-corrected chi connectivity index (χ2v) is 4.82. The monoisotopic (exact) mass is 285 g/mol. The number of rotatable bonds is 6. The molecule has 0 aliphatic rings. The van der Waals surface area contributed by atoms with E-state index in [0.29, 0.717) is 6.42 Å². The van der Waals surface area contributed by atoms with Gasteiger partial charge in [0, 0.05) is 12.1 Å². The number of hydrogen-bond acceptors (Lipinski definition) is 6. The van der Waals surface area contributed by atoms with Crippen LogP contribution in [0.1, 0.15) is 6.42 Å². The molecule has 0 unspecified atom stereocenters. The van der Waals surface area contributed by atoms with Crippen LogP contribution < -0.4 is 11.1 Å². The Kier molecular flexibility index (Phi) is 5.58. The Morgan fingerprint density at radius 1 is 1.63 bits per heavy atom. The number of non-ortho nitro benzene ring substituents is 1. The molecule has 0 saturated heterocycles. The quantitative estimate of drug-likeness (QED) is 0.412. The van der Waals surface area contributed by atoms with Crippen molar-refractivity contribution in [2.45, 2.75) is 12.5 Å². The van der Waals surface area contributed by atoms with Crippen LogP contribution in [-0.2, 0) is 4.79 Å². The van der Waals surface area contributed by atoms with Gasteiger partial charge < -0.3 is 16.2 Å². The van der Waals surface area contributed by atoms with E-state index in [-0.39, 0.29) is 17.1 Å². The second-order valence-electron chi connectivity index (χ2n) is 3.84. The summed E-state index contributed by atoms with van der Waals surface area (Å²) in [7, 11) is 0. The summed E-state index contributed by atoms with van der Waals surface area (Å²) in [5.74, 6) is 0.0102. The van der Waals surface area contributed by atoms with Gasteiger partial charge in [0.2, 0.25) is 5.91 Å². The largest absolute Gasteiger partial charge is 0.506 e. The maximum absolute atomic E-state index is 11.7. The van der Waals surface area contributed by atoms with Crippen LogP contribution in [0.2, 0.25) is 0 Å². The van der Waals surface area contributed by atoms with Crippen LogP contribution in [0.3, 0.4) is 0 Å². The average molecular weight is 285 g/mol. The zero-order chi connectivity index (χ0) is 14.4. The molecule has 0 aliphatic carbocycles. The highest BCUT2D eigenvalue weighted by Crippen LogP contribution is 2.27. The van der Waals surface area contributed by atoms with Gasteiger partial charge in [-0.2, -0.15) is 11.8 Å². The van der Waals surface area contributed by atoms with Gasteiger partial charge in [-0.1, -0.05) is 0 Å². The molecule has 4 N–H and O–H groups in total. The van der Waals surface area contributed by atoms with Gasteiger partial charge in [0.05, 0.1) is 16.7 Å². The van der Waals surface area contributed by atoms with Gasteiger partial charge in [-0.15, -0.1) is 0 Å². The number of nitrogens with one attached hydrogen (secondary N) is 1. The van der Waals surface area contributed by atoms with Gasteiger partial charge in [-0.3, -0.25) is 14.9 Å². The van der Waals surface area contributed by atoms with Gasteiger partial charge in [0.25, 0.3) is 5.69 Å². The number of nitrogens with zero attached hydrogens (tertiary/aromatic N) is 1. The summed E-state index contributed by atoms with van der Waals surface area (Å²) in [4.78, 5) is 21.7. The molecule has 1 amide bonds. The van der Waals surface area contributed by atoms with Crippen LogP contribution in [0.4, 0.5) is 11.4 Å². The van der Waals surface area contributed by atoms with E-state index in [2.05, 4.69) is 5.32 Å². The Labute approximate surface area is 114 Å². The van der Waals surface area contributed by atoms with E-state index in [1.54, 1.807) is 11.8 Å². The number of aromatic hydroxyl groups is 1. The summed E-state index contributed by atoms with van der Waals surface area (Å²) in [6, 6.07) is 2.68. The molecule has 0 spiro atoms. The third-order valence-electron chi connectivity index (χ3n) is 2.42. The Morgan fingerprint density at radius 2 is 2.32 bits per heavy atom. The zero-order valence-corrected chi connectivity index (χ0v) is 11.1. The topological polar surface area (TPSA) is 118 Å². The SMILES string of the molecule is CSCC[C@@H](N)C(=O)Nc1cc([N+](=O)[O-])ccc1O. The highest BCUT2D eigenvalue weighted by atomic mass is 32.2. The number of carbonyl (C=O) groups excluding carboxylic acids is 1. The van der Waals surface area contributed by atoms with Crippen LogP contribution in [0.5, 0.6) is 5.75 Å². The van der Waals surface area contributed by atoms with E-state index in [9.17, 15) is 20.0 Å². The molecular weight excluding hydrogens is 270 g/mol. The van der Waals surface area contributed by atoms with Gasteiger partial charge in [-0.25, -0.2) is 0 Å². The van der Waals surface area contributed by atoms with Gasteiger partial charge in [0.1, 0.15) is 5.75 Å². The van der Waals surface area contributed by atoms with E-state index in [1.165, 1.54) is 0 Å². The molecule has 1 aromatic carbocycles. The van der Waals surface area contributed by atoms with Crippen molar-refractivity contribution < 1.29 is 14.8 Å². The van der Waals surface area contributed by atoms with Crippen molar-refractivity contribution >= 4 is 29.0 Å². The molecule has 0 fully saturated rings. The molecular formula is C11H15N3O4S. The zero-order valence-electron chi connectivity index (χ0n) is 10.3. The number of anilines is 1. The maximum atomic E-state index is 11.7. The molecule has 0 saturated carbocycles. The van der Waals surface area contributed by atoms with E-state index < -0.39 is 16.9 Å². The van der Waals surface area contributed by atoms with Crippen molar-refractivity contribution in [2.24, 2.45) is 5.73 Å². The Hall–Kier alpha value is -1.80. The standard InChI is InChI=1S/C11H15N3O4S/c1-19-5-4-8(12)11(16)13-9-6-7(14(17)18)2-3-10(9)15/h2-3,6,8,15H,4-5,12H2,1H3,(H,13,16)/t8-/m1/s1. The molecule has 0 radical (unpaired) electrons. The predicted molar refractivity (Wildman–Crippen MR) is 74.4 cm³/mol. The Balaban J connectivity index is 2.78. The number of amides is 1. The lowest BCUT2D eigenvalue weighted by atomic mass is 10.2. The summed E-state index contributed by atoms with van der Waals surface area (Å²) in [5.41, 5.74) is 5.43. The fraction of sp³-hybridized carbons (Fsp3) is 0.364. The first kappa shape index (κ1) is 15.3. The summed E-state index contributed by atoms with van der Waals surface area (Å²) < 4.78 is 0. The fourth-order valence-electron chi connectivity index (χ4n) is 1.34. The number of nitro groups is 1. The van der Waals surface area contributed by atoms with E-state index in [0.717, 1.165) is 24.0 Å². The average Bonchev–Trinajstić information content (AvgIpc) is 2.38. The second kappa shape index (κ2) is 6.95. The van der Waals surface area contributed by atoms with Crippen molar-refractivity contribution in [3.63, 3.8) is 0 Å². The van der Waals surface area contributed by atoms with E-state index >= 15 is 0 Å². The van der Waals surface area contributed by atoms with Gasteiger partial charge in [0.15, 0.2) is 0 Å². The molecule has 1 aromatic rings. The van der Waals surface area contributed by atoms with Gasteiger partial charge in [-0.05, 0) is 24.5 Å². The molecule has 7 nitrogen and oxygen atoms in total. The highest BCUT2D eigenvalue weighted by Gasteiger charge is 2.17. The maximum Gasteiger partial charge on any atom is 0.271 e. The normalized spacial score (nSPS) is 11.9. The molecule has 1 atom stereocenters. The van der Waals surface area contributed by atoms with Crippen LogP contribution in [0.25, 0.3) is 0 Å². The number of benzene rings is 1. The number of nitrogens with two attached hydrogens (primary N) is 1. The molecule has 8 heteroatoms. The predicted octanol–water partition coefficient (Wildman–Crippen LogP) is 1.32. The minimum Gasteiger partial charge on any atom is -0.506 e. The molecule has 0 heterocycles. The number of phenols is 1. The van der Waals surface area contributed by atoms with E-state index in [1.807, 2.05) is 6.26 Å². The minimum absolute atomic E-state index is 0.0150. The first-order chi connectivity index (χ1) is 8.95. The van der Waals surface area contributed by atoms with Crippen LogP contribution >= 0.6 is 11.8 Å². The number of hydrogen-bond donors (Lipinski definition) is 3. The third-order valence-corrected chi connectivity index (χ3v) is 3.06. The van der Waals surface area contributed by atoms with Crippen LogP contribution in [0, 0.1) is 10.1 Å². The fourth-order valence-corrected chi connectivity index (χ4v) is 1.83. The first-order valence-electron chi connectivity index (χ1n) is 5.48. The lowest BCUT2D eigenvalue weighted by Gasteiger charge is -2.12. The number of thioether (sulfide) groups is 1. The molecule has 19 heavy (non-hydrogen) atoms. The smallest absolute Gasteiger partial charge is 0.271 e. The first-order valence-corrected chi connectivity index (χ1v) is 6.88. The Morgan fingerprint density at radius 3 is 2.89 bits per heavy atom. The summed E-state index contributed by atoms with van der Waals surface area (Å²) in [5, 5.41) is 22.5. The number of nitro benzene ring substituents is 1. The summed E-state index contributed by atoms with van der Waals surface area (Å²) in [6.07, 6.45) is 2.39. The molecule has 0 bridgehead atoms. The van der Waals surface area contributed by atoms with Crippen LogP contribution in [-0.4, -0.2) is 34.0 Å². The van der Waals surface area contributed by atoms with Crippen molar-refractivity contribution in [2.75, 3.05) is 17.3 Å². The van der Waals surface area contributed by atoms with Crippen molar-refractivity contribution in [1.82, 2.24) is 0 Å². The van der Waals surface area contributed by atoms with Crippen molar-refractivity contribution in [1.29, 1.82) is 0 Å². The molecule has 104 valence electrons. The molecule has 1 rings (SSSR count). The summed E-state index contributed by atoms with van der Waals surface area (Å²) in [6.45, 7) is 0. The molecule has 0 aliphatic heterocycles. The lowest BCUT2D eigenvalue weighted by Crippen LogP contribution is -2.36. The summed E-state index contributed by atoms with van der Waals surface area (Å²) >= 11 is 1.56. The lowest BCUT2D eigenvalue weighted by molar-refractivity contribution is -0.384. The molecule has 0 aromatic heterocycles.